The van der Waals surface area contributed by atoms with E-state index in [1.807, 2.05) is 18.8 Å². The van der Waals surface area contributed by atoms with Crippen LogP contribution in [0.4, 0.5) is 5.82 Å². The first-order chi connectivity index (χ1) is 5.33. The second-order valence-electron chi connectivity index (χ2n) is 2.75. The Labute approximate surface area is 65.6 Å². The molecule has 1 aliphatic rings. The molecule has 0 saturated heterocycles. The molecule has 60 valence electrons. The number of anilines is 1. The second-order valence-corrected chi connectivity index (χ2v) is 2.75. The number of nitrogens with zero attached hydrogens (tertiary/aromatic N) is 2. The molecule has 0 fully saturated rings. The minimum Gasteiger partial charge on any atom is -0.371 e. The van der Waals surface area contributed by atoms with Gasteiger partial charge in [-0.15, -0.1) is 0 Å². The Kier molecular flexibility index (Phi) is 1.35. The van der Waals surface area contributed by atoms with Crippen molar-refractivity contribution in [1.82, 2.24) is 15.1 Å². The summed E-state index contributed by atoms with van der Waals surface area (Å²) < 4.78 is 1.93. The van der Waals surface area contributed by atoms with Crippen LogP contribution in [0.5, 0.6) is 0 Å². The summed E-state index contributed by atoms with van der Waals surface area (Å²) in [6, 6.07) is 0. The molecule has 1 aromatic rings. The number of aromatic nitrogens is 2. The van der Waals surface area contributed by atoms with Crippen molar-refractivity contribution >= 4 is 5.82 Å². The fourth-order valence-corrected chi connectivity index (χ4v) is 1.52. The van der Waals surface area contributed by atoms with Crippen molar-refractivity contribution in [3.8, 4) is 0 Å². The number of fused-ring (bicyclic) bond motifs is 1. The van der Waals surface area contributed by atoms with Gasteiger partial charge in [0, 0.05) is 32.7 Å². The summed E-state index contributed by atoms with van der Waals surface area (Å²) in [4.78, 5) is 0. The highest BCUT2D eigenvalue weighted by Gasteiger charge is 2.19. The Morgan fingerprint density at radius 3 is 3.09 bits per heavy atom. The summed E-state index contributed by atoms with van der Waals surface area (Å²) in [7, 11) is 3.88. The number of aryl methyl sites for hydroxylation is 1. The highest BCUT2D eigenvalue weighted by molar-refractivity contribution is 5.48. The van der Waals surface area contributed by atoms with Gasteiger partial charge in [-0.2, -0.15) is 5.10 Å². The summed E-state index contributed by atoms with van der Waals surface area (Å²) in [6.07, 6.45) is 0. The third-order valence-electron chi connectivity index (χ3n) is 2.11. The molecule has 1 aromatic heterocycles. The largest absolute Gasteiger partial charge is 0.371 e. The molecule has 0 unspecified atom stereocenters. The third kappa shape index (κ3) is 0.826. The Balaban J connectivity index is 2.52. The maximum atomic E-state index is 4.32. The van der Waals surface area contributed by atoms with Crippen LogP contribution in [0.2, 0.25) is 0 Å². The van der Waals surface area contributed by atoms with Crippen molar-refractivity contribution in [1.29, 1.82) is 0 Å². The van der Waals surface area contributed by atoms with E-state index in [4.69, 9.17) is 0 Å². The molecule has 0 atom stereocenters. The van der Waals surface area contributed by atoms with Gasteiger partial charge in [0.15, 0.2) is 5.82 Å². The zero-order chi connectivity index (χ0) is 7.84. The van der Waals surface area contributed by atoms with Gasteiger partial charge in [0.1, 0.15) is 0 Å². The molecular weight excluding hydrogens is 140 g/mol. The predicted octanol–water partition coefficient (Wildman–Crippen LogP) is 0.0650. The van der Waals surface area contributed by atoms with Gasteiger partial charge in [-0.25, -0.2) is 0 Å². The number of nitrogens with one attached hydrogen (secondary N) is 2. The Hall–Kier alpha value is -1.03. The normalized spacial score (nSPS) is 15.1. The van der Waals surface area contributed by atoms with Gasteiger partial charge < -0.3 is 10.6 Å². The van der Waals surface area contributed by atoms with Gasteiger partial charge in [-0.05, 0) is 0 Å². The van der Waals surface area contributed by atoms with Crippen LogP contribution < -0.4 is 10.6 Å². The number of hydrogen-bond acceptors (Lipinski definition) is 3. The molecule has 0 radical (unpaired) electrons. The molecule has 4 heteroatoms. The molecule has 0 amide bonds. The van der Waals surface area contributed by atoms with Crippen molar-refractivity contribution in [3.05, 3.63) is 11.3 Å². The van der Waals surface area contributed by atoms with Crippen molar-refractivity contribution in [3.63, 3.8) is 0 Å². The molecule has 1 aliphatic heterocycles. The quantitative estimate of drug-likeness (QED) is 0.598. The SMILES string of the molecule is CNc1nn(C)c2c1CNC2. The standard InChI is InChI=1S/C7H12N4/c1-8-7-5-3-9-4-6(5)11(2)10-7/h9H,3-4H2,1-2H3,(H,8,10). The first kappa shape index (κ1) is 6.67. The van der Waals surface area contributed by atoms with E-state index in [-0.39, 0.29) is 0 Å². The Morgan fingerprint density at radius 2 is 2.36 bits per heavy atom. The monoisotopic (exact) mass is 152 g/mol. The summed E-state index contributed by atoms with van der Waals surface area (Å²) in [5.74, 6) is 1.01. The van der Waals surface area contributed by atoms with E-state index in [1.165, 1.54) is 11.3 Å². The molecule has 0 spiro atoms. The summed E-state index contributed by atoms with van der Waals surface area (Å²) in [5, 5.41) is 10.7. The van der Waals surface area contributed by atoms with E-state index in [0.717, 1.165) is 18.9 Å². The smallest absolute Gasteiger partial charge is 0.152 e. The fourth-order valence-electron chi connectivity index (χ4n) is 1.52. The lowest BCUT2D eigenvalue weighted by atomic mass is 10.3. The molecule has 0 bridgehead atoms. The van der Waals surface area contributed by atoms with Crippen LogP contribution in [-0.4, -0.2) is 16.8 Å². The van der Waals surface area contributed by atoms with Gasteiger partial charge in [0.2, 0.25) is 0 Å². The van der Waals surface area contributed by atoms with Crippen molar-refractivity contribution in [2.24, 2.45) is 7.05 Å². The highest BCUT2D eigenvalue weighted by atomic mass is 15.3. The molecule has 0 aromatic carbocycles. The maximum absolute atomic E-state index is 4.32. The van der Waals surface area contributed by atoms with Crippen LogP contribution in [0, 0.1) is 0 Å². The van der Waals surface area contributed by atoms with E-state index in [1.54, 1.807) is 0 Å². The van der Waals surface area contributed by atoms with Crippen LogP contribution in [0.1, 0.15) is 11.3 Å². The molecule has 0 saturated carbocycles. The van der Waals surface area contributed by atoms with Crippen LogP contribution in [-0.2, 0) is 20.1 Å². The molecule has 11 heavy (non-hydrogen) atoms. The molecule has 2 heterocycles. The molecule has 2 N–H and O–H groups in total. The topological polar surface area (TPSA) is 41.9 Å². The molecule has 2 rings (SSSR count). The minimum atomic E-state index is 0.944. The first-order valence-corrected chi connectivity index (χ1v) is 3.76. The average Bonchev–Trinajstić information content (AvgIpc) is 2.54. The van der Waals surface area contributed by atoms with Gasteiger partial charge in [0.25, 0.3) is 0 Å². The van der Waals surface area contributed by atoms with Gasteiger partial charge in [-0.1, -0.05) is 0 Å². The molecular formula is C7H12N4. The van der Waals surface area contributed by atoms with Crippen LogP contribution in [0.25, 0.3) is 0 Å². The van der Waals surface area contributed by atoms with Crippen LogP contribution >= 0.6 is 0 Å². The molecule has 0 aliphatic carbocycles. The maximum Gasteiger partial charge on any atom is 0.152 e. The van der Waals surface area contributed by atoms with Gasteiger partial charge >= 0.3 is 0 Å². The minimum absolute atomic E-state index is 0.944. The Morgan fingerprint density at radius 1 is 1.55 bits per heavy atom. The average molecular weight is 152 g/mol. The zero-order valence-corrected chi connectivity index (χ0v) is 6.81. The number of rotatable bonds is 1. The second kappa shape index (κ2) is 2.23. The lowest BCUT2D eigenvalue weighted by Crippen LogP contribution is -2.06. The fraction of sp³-hybridized carbons (Fsp3) is 0.571. The lowest BCUT2D eigenvalue weighted by Gasteiger charge is -1.95. The van der Waals surface area contributed by atoms with E-state index in [2.05, 4.69) is 15.7 Å². The van der Waals surface area contributed by atoms with E-state index < -0.39 is 0 Å². The highest BCUT2D eigenvalue weighted by Crippen LogP contribution is 2.21. The predicted molar refractivity (Wildman–Crippen MR) is 43.3 cm³/mol. The van der Waals surface area contributed by atoms with Gasteiger partial charge in [-0.3, -0.25) is 4.68 Å². The van der Waals surface area contributed by atoms with Crippen molar-refractivity contribution in [2.75, 3.05) is 12.4 Å². The summed E-state index contributed by atoms with van der Waals surface area (Å²) in [5.41, 5.74) is 2.62. The molecule has 4 nitrogen and oxygen atoms in total. The first-order valence-electron chi connectivity index (χ1n) is 3.76. The van der Waals surface area contributed by atoms with E-state index >= 15 is 0 Å². The van der Waals surface area contributed by atoms with Gasteiger partial charge in [0.05, 0.1) is 5.69 Å². The zero-order valence-electron chi connectivity index (χ0n) is 6.81. The lowest BCUT2D eigenvalue weighted by molar-refractivity contribution is 0.671. The third-order valence-corrected chi connectivity index (χ3v) is 2.11. The Bertz CT molecular complexity index is 276. The van der Waals surface area contributed by atoms with Crippen LogP contribution in [0.15, 0.2) is 0 Å². The number of hydrogen-bond donors (Lipinski definition) is 2. The van der Waals surface area contributed by atoms with E-state index in [9.17, 15) is 0 Å². The summed E-state index contributed by atoms with van der Waals surface area (Å²) >= 11 is 0. The van der Waals surface area contributed by atoms with Crippen molar-refractivity contribution < 1.29 is 0 Å². The van der Waals surface area contributed by atoms with E-state index in [0.29, 0.717) is 0 Å². The summed E-state index contributed by atoms with van der Waals surface area (Å²) in [6.45, 7) is 1.89. The van der Waals surface area contributed by atoms with Crippen LogP contribution in [0.3, 0.4) is 0 Å². The van der Waals surface area contributed by atoms with Crippen molar-refractivity contribution in [2.45, 2.75) is 13.1 Å².